The lowest BCUT2D eigenvalue weighted by molar-refractivity contribution is 0.101. The van der Waals surface area contributed by atoms with Crippen LogP contribution in [0.4, 0.5) is 5.69 Å². The van der Waals surface area contributed by atoms with Crippen LogP contribution in [0.3, 0.4) is 0 Å². The summed E-state index contributed by atoms with van der Waals surface area (Å²) in [5.74, 6) is 0.874. The topological polar surface area (TPSA) is 20.3 Å². The number of halogens is 1. The van der Waals surface area contributed by atoms with E-state index in [2.05, 4.69) is 11.8 Å². The Morgan fingerprint density at radius 3 is 2.61 bits per heavy atom. The van der Waals surface area contributed by atoms with Gasteiger partial charge in [-0.2, -0.15) is 0 Å². The van der Waals surface area contributed by atoms with E-state index in [1.807, 2.05) is 12.1 Å². The van der Waals surface area contributed by atoms with E-state index < -0.39 is 0 Å². The summed E-state index contributed by atoms with van der Waals surface area (Å²) in [5.41, 5.74) is 1.74. The van der Waals surface area contributed by atoms with Crippen LogP contribution < -0.4 is 4.90 Å². The molecule has 1 saturated carbocycles. The van der Waals surface area contributed by atoms with E-state index in [1.165, 1.54) is 19.3 Å². The molecule has 0 aliphatic heterocycles. The maximum atomic E-state index is 11.3. The third kappa shape index (κ3) is 2.86. The van der Waals surface area contributed by atoms with Gasteiger partial charge in [0, 0.05) is 18.7 Å². The first-order valence-corrected chi connectivity index (χ1v) is 7.05. The lowest BCUT2D eigenvalue weighted by atomic mass is 9.85. The third-order valence-electron chi connectivity index (χ3n) is 3.78. The van der Waals surface area contributed by atoms with Gasteiger partial charge in [0.2, 0.25) is 0 Å². The van der Waals surface area contributed by atoms with Crippen LogP contribution in [0, 0.1) is 5.92 Å². The van der Waals surface area contributed by atoms with Crippen LogP contribution in [-0.2, 0) is 0 Å². The molecule has 0 unspecified atom stereocenters. The highest BCUT2D eigenvalue weighted by atomic mass is 35.5. The van der Waals surface area contributed by atoms with E-state index in [0.29, 0.717) is 10.6 Å². The van der Waals surface area contributed by atoms with Crippen molar-refractivity contribution in [3.63, 3.8) is 0 Å². The Bertz CT molecular complexity index is 440. The average Bonchev–Trinajstić information content (AvgIpc) is 2.29. The van der Waals surface area contributed by atoms with Crippen molar-refractivity contribution in [3.05, 3.63) is 28.8 Å². The molecule has 0 N–H and O–H groups in total. The molecule has 3 heteroatoms. The van der Waals surface area contributed by atoms with Gasteiger partial charge in [-0.25, -0.2) is 0 Å². The Hall–Kier alpha value is -1.02. The number of benzene rings is 1. The molecule has 0 aromatic heterocycles. The molecule has 0 amide bonds. The molecule has 0 radical (unpaired) electrons. The summed E-state index contributed by atoms with van der Waals surface area (Å²) in [6.45, 7) is 5.75. The predicted octanol–water partition coefficient (Wildman–Crippen LogP) is 4.17. The molecule has 1 fully saturated rings. The second-order valence-electron chi connectivity index (χ2n) is 5.06. The zero-order valence-corrected chi connectivity index (χ0v) is 11.8. The summed E-state index contributed by atoms with van der Waals surface area (Å²) in [5, 5.41) is 0.684. The van der Waals surface area contributed by atoms with Gasteiger partial charge in [-0.05, 0) is 50.8 Å². The number of Topliss-reactive ketones (excluding diaryl/α,β-unsaturated/α-hetero) is 1. The van der Waals surface area contributed by atoms with E-state index >= 15 is 0 Å². The highest BCUT2D eigenvalue weighted by molar-refractivity contribution is 6.33. The van der Waals surface area contributed by atoms with Gasteiger partial charge in [0.25, 0.3) is 0 Å². The first kappa shape index (κ1) is 13.4. The van der Waals surface area contributed by atoms with Gasteiger partial charge in [0.1, 0.15) is 0 Å². The fourth-order valence-electron chi connectivity index (χ4n) is 2.37. The number of rotatable bonds is 5. The van der Waals surface area contributed by atoms with Gasteiger partial charge in [-0.15, -0.1) is 0 Å². The van der Waals surface area contributed by atoms with Gasteiger partial charge >= 0.3 is 0 Å². The molecule has 0 bridgehead atoms. The smallest absolute Gasteiger partial charge is 0.159 e. The Morgan fingerprint density at radius 2 is 2.17 bits per heavy atom. The standard InChI is InChI=1S/C15H20ClNO/c1-3-17(10-12-5-4-6-12)15-8-7-13(11(2)18)9-14(15)16/h7-9,12H,3-6,10H2,1-2H3. The minimum absolute atomic E-state index is 0.0606. The summed E-state index contributed by atoms with van der Waals surface area (Å²) in [6.07, 6.45) is 4.03. The van der Waals surface area contributed by atoms with Gasteiger partial charge in [-0.3, -0.25) is 4.79 Å². The Kier molecular flexibility index (Phi) is 4.28. The maximum Gasteiger partial charge on any atom is 0.159 e. The Balaban J connectivity index is 2.16. The number of anilines is 1. The molecule has 98 valence electrons. The number of hydrogen-bond donors (Lipinski definition) is 0. The zero-order chi connectivity index (χ0) is 13.1. The van der Waals surface area contributed by atoms with E-state index in [1.54, 1.807) is 13.0 Å². The van der Waals surface area contributed by atoms with Crippen molar-refractivity contribution in [2.45, 2.75) is 33.1 Å². The summed E-state index contributed by atoms with van der Waals surface area (Å²) in [7, 11) is 0. The number of hydrogen-bond acceptors (Lipinski definition) is 2. The molecule has 2 rings (SSSR count). The number of ketones is 1. The molecule has 1 aliphatic rings. The van der Waals surface area contributed by atoms with E-state index in [-0.39, 0.29) is 5.78 Å². The van der Waals surface area contributed by atoms with Gasteiger partial charge < -0.3 is 4.90 Å². The molecule has 18 heavy (non-hydrogen) atoms. The molecule has 1 aromatic rings. The third-order valence-corrected chi connectivity index (χ3v) is 4.08. The summed E-state index contributed by atoms with van der Waals surface area (Å²) in [6, 6.07) is 5.62. The molecular formula is C15H20ClNO. The number of carbonyl (C=O) groups excluding carboxylic acids is 1. The molecule has 1 aliphatic carbocycles. The molecule has 0 spiro atoms. The van der Waals surface area contributed by atoms with Crippen LogP contribution in [0.25, 0.3) is 0 Å². The fraction of sp³-hybridized carbons (Fsp3) is 0.533. The predicted molar refractivity (Wildman–Crippen MR) is 76.7 cm³/mol. The van der Waals surface area contributed by atoms with Crippen LogP contribution in [0.1, 0.15) is 43.5 Å². The highest BCUT2D eigenvalue weighted by Gasteiger charge is 2.21. The summed E-state index contributed by atoms with van der Waals surface area (Å²) < 4.78 is 0. The molecule has 0 atom stereocenters. The molecule has 0 heterocycles. The van der Waals surface area contributed by atoms with Crippen molar-refractivity contribution in [2.75, 3.05) is 18.0 Å². The zero-order valence-electron chi connectivity index (χ0n) is 11.1. The van der Waals surface area contributed by atoms with Gasteiger partial charge in [0.05, 0.1) is 10.7 Å². The van der Waals surface area contributed by atoms with Crippen LogP contribution in [-0.4, -0.2) is 18.9 Å². The minimum Gasteiger partial charge on any atom is -0.370 e. The lowest BCUT2D eigenvalue weighted by Gasteiger charge is -2.33. The van der Waals surface area contributed by atoms with Crippen LogP contribution >= 0.6 is 11.6 Å². The highest BCUT2D eigenvalue weighted by Crippen LogP contribution is 2.32. The van der Waals surface area contributed by atoms with Crippen molar-refractivity contribution >= 4 is 23.1 Å². The van der Waals surface area contributed by atoms with Crippen molar-refractivity contribution < 1.29 is 4.79 Å². The van der Waals surface area contributed by atoms with E-state index in [0.717, 1.165) is 24.7 Å². The van der Waals surface area contributed by atoms with Crippen LogP contribution in [0.5, 0.6) is 0 Å². The summed E-state index contributed by atoms with van der Waals surface area (Å²) >= 11 is 6.30. The quantitative estimate of drug-likeness (QED) is 0.745. The first-order valence-electron chi connectivity index (χ1n) is 6.67. The number of nitrogens with zero attached hydrogens (tertiary/aromatic N) is 1. The molecule has 1 aromatic carbocycles. The molecule has 2 nitrogen and oxygen atoms in total. The largest absolute Gasteiger partial charge is 0.370 e. The monoisotopic (exact) mass is 265 g/mol. The second-order valence-corrected chi connectivity index (χ2v) is 5.47. The first-order chi connectivity index (χ1) is 8.61. The van der Waals surface area contributed by atoms with E-state index in [9.17, 15) is 4.79 Å². The van der Waals surface area contributed by atoms with Crippen LogP contribution in [0.2, 0.25) is 5.02 Å². The maximum absolute atomic E-state index is 11.3. The Labute approximate surface area is 114 Å². The normalized spacial score (nSPS) is 15.3. The van der Waals surface area contributed by atoms with E-state index in [4.69, 9.17) is 11.6 Å². The molecule has 0 saturated heterocycles. The van der Waals surface area contributed by atoms with Crippen molar-refractivity contribution in [1.29, 1.82) is 0 Å². The van der Waals surface area contributed by atoms with Crippen LogP contribution in [0.15, 0.2) is 18.2 Å². The SMILES string of the molecule is CCN(CC1CCC1)c1ccc(C(C)=O)cc1Cl. The number of carbonyl (C=O) groups is 1. The van der Waals surface area contributed by atoms with Crippen molar-refractivity contribution in [3.8, 4) is 0 Å². The van der Waals surface area contributed by atoms with Crippen molar-refractivity contribution in [2.24, 2.45) is 5.92 Å². The van der Waals surface area contributed by atoms with Gasteiger partial charge in [-0.1, -0.05) is 18.0 Å². The van der Waals surface area contributed by atoms with Crippen molar-refractivity contribution in [1.82, 2.24) is 0 Å². The minimum atomic E-state index is 0.0606. The van der Waals surface area contributed by atoms with Gasteiger partial charge in [0.15, 0.2) is 5.78 Å². The lowest BCUT2D eigenvalue weighted by Crippen LogP contribution is -2.32. The second kappa shape index (κ2) is 5.75. The summed E-state index contributed by atoms with van der Waals surface area (Å²) in [4.78, 5) is 13.6. The fourth-order valence-corrected chi connectivity index (χ4v) is 2.67. The average molecular weight is 266 g/mol. The molecular weight excluding hydrogens is 246 g/mol. The Morgan fingerprint density at radius 1 is 1.44 bits per heavy atom.